The van der Waals surface area contributed by atoms with Crippen molar-refractivity contribution in [2.24, 2.45) is 0 Å². The van der Waals surface area contributed by atoms with Gasteiger partial charge in [-0.05, 0) is 43.3 Å². The van der Waals surface area contributed by atoms with E-state index in [2.05, 4.69) is 0 Å². The van der Waals surface area contributed by atoms with Crippen molar-refractivity contribution in [3.05, 3.63) is 65.5 Å². The highest BCUT2D eigenvalue weighted by Crippen LogP contribution is 2.14. The molecule has 0 aromatic heterocycles. The van der Waals surface area contributed by atoms with E-state index >= 15 is 0 Å². The van der Waals surface area contributed by atoms with Crippen LogP contribution in [0, 0.1) is 17.1 Å². The van der Waals surface area contributed by atoms with Crippen LogP contribution >= 0.6 is 0 Å². The summed E-state index contributed by atoms with van der Waals surface area (Å²) in [6, 6.07) is 13.6. The van der Waals surface area contributed by atoms with Crippen LogP contribution in [0.1, 0.15) is 22.8 Å². The molecular weight excluding hydrogens is 313 g/mol. The summed E-state index contributed by atoms with van der Waals surface area (Å²) in [6.07, 6.45) is -0.952. The number of ether oxygens (including phenoxy) is 2. The van der Waals surface area contributed by atoms with Gasteiger partial charge in [0.1, 0.15) is 11.6 Å². The molecule has 24 heavy (non-hydrogen) atoms. The van der Waals surface area contributed by atoms with E-state index in [9.17, 15) is 14.0 Å². The van der Waals surface area contributed by atoms with Crippen LogP contribution in [-0.4, -0.2) is 24.5 Å². The topological polar surface area (TPSA) is 76.4 Å². The number of hydrogen-bond donors (Lipinski definition) is 0. The van der Waals surface area contributed by atoms with Gasteiger partial charge < -0.3 is 9.47 Å². The highest BCUT2D eigenvalue weighted by atomic mass is 19.1. The Morgan fingerprint density at radius 2 is 1.83 bits per heavy atom. The Kier molecular flexibility index (Phi) is 5.63. The largest absolute Gasteiger partial charge is 0.479 e. The molecule has 0 saturated carbocycles. The number of nitriles is 1. The molecule has 5 nitrogen and oxygen atoms in total. The van der Waals surface area contributed by atoms with Gasteiger partial charge in [0.15, 0.2) is 12.7 Å². The first-order valence-corrected chi connectivity index (χ1v) is 7.12. The van der Waals surface area contributed by atoms with E-state index in [4.69, 9.17) is 14.7 Å². The van der Waals surface area contributed by atoms with E-state index in [0.717, 1.165) is 6.07 Å². The van der Waals surface area contributed by atoms with E-state index in [1.54, 1.807) is 24.3 Å². The van der Waals surface area contributed by atoms with E-state index < -0.39 is 30.3 Å². The molecule has 0 bridgehead atoms. The van der Waals surface area contributed by atoms with Gasteiger partial charge >= 0.3 is 5.97 Å². The van der Waals surface area contributed by atoms with Crippen molar-refractivity contribution in [2.75, 3.05) is 6.61 Å². The SMILES string of the molecule is C[C@@H](Oc1ccc(C#N)cc1)C(=O)OCC(=O)c1ccccc1F. The van der Waals surface area contributed by atoms with Crippen LogP contribution in [0.15, 0.2) is 48.5 Å². The standard InChI is InChI=1S/C18H14FNO4/c1-12(24-14-8-6-13(10-20)7-9-14)18(22)23-11-17(21)15-4-2-3-5-16(15)19/h2-9,12H,11H2,1H3/t12-/m1/s1. The van der Waals surface area contributed by atoms with Gasteiger partial charge in [-0.1, -0.05) is 12.1 Å². The molecule has 122 valence electrons. The Morgan fingerprint density at radius 1 is 1.17 bits per heavy atom. The number of rotatable bonds is 6. The normalized spacial score (nSPS) is 11.2. The molecule has 2 aromatic rings. The minimum Gasteiger partial charge on any atom is -0.479 e. The highest BCUT2D eigenvalue weighted by Gasteiger charge is 2.19. The number of halogens is 1. The number of Topliss-reactive ketones (excluding diaryl/α,β-unsaturated/α-hetero) is 1. The number of carbonyl (C=O) groups excluding carboxylic acids is 2. The van der Waals surface area contributed by atoms with E-state index in [1.807, 2.05) is 6.07 Å². The monoisotopic (exact) mass is 327 g/mol. The predicted octanol–water partition coefficient (Wildman–Crippen LogP) is 2.89. The lowest BCUT2D eigenvalue weighted by Crippen LogP contribution is -2.28. The summed E-state index contributed by atoms with van der Waals surface area (Å²) in [6.45, 7) is 0.898. The summed E-state index contributed by atoms with van der Waals surface area (Å²) >= 11 is 0. The van der Waals surface area contributed by atoms with Crippen LogP contribution in [0.5, 0.6) is 5.75 Å². The summed E-state index contributed by atoms with van der Waals surface area (Å²) < 4.78 is 23.7. The number of benzene rings is 2. The predicted molar refractivity (Wildman–Crippen MR) is 82.9 cm³/mol. The minimum absolute atomic E-state index is 0.133. The molecule has 0 heterocycles. The van der Waals surface area contributed by atoms with Crippen molar-refractivity contribution in [1.82, 2.24) is 0 Å². The van der Waals surface area contributed by atoms with Crippen molar-refractivity contribution >= 4 is 11.8 Å². The van der Waals surface area contributed by atoms with Gasteiger partial charge in [0.25, 0.3) is 0 Å². The van der Waals surface area contributed by atoms with E-state index in [0.29, 0.717) is 11.3 Å². The fourth-order valence-electron chi connectivity index (χ4n) is 1.88. The number of esters is 1. The molecule has 0 saturated heterocycles. The van der Waals surface area contributed by atoms with Gasteiger partial charge in [-0.25, -0.2) is 9.18 Å². The van der Waals surface area contributed by atoms with Crippen molar-refractivity contribution in [3.8, 4) is 11.8 Å². The fourth-order valence-corrected chi connectivity index (χ4v) is 1.88. The van der Waals surface area contributed by atoms with Gasteiger partial charge in [-0.15, -0.1) is 0 Å². The average molecular weight is 327 g/mol. The molecule has 0 fully saturated rings. The molecule has 0 spiro atoms. The van der Waals surface area contributed by atoms with Crippen LogP contribution in [-0.2, 0) is 9.53 Å². The second-order valence-corrected chi connectivity index (χ2v) is 4.91. The maximum Gasteiger partial charge on any atom is 0.347 e. The maximum absolute atomic E-state index is 13.5. The second-order valence-electron chi connectivity index (χ2n) is 4.91. The third kappa shape index (κ3) is 4.40. The molecule has 0 N–H and O–H groups in total. The van der Waals surface area contributed by atoms with Crippen LogP contribution in [0.3, 0.4) is 0 Å². The molecule has 2 rings (SSSR count). The summed E-state index contributed by atoms with van der Waals surface area (Å²) in [7, 11) is 0. The lowest BCUT2D eigenvalue weighted by Gasteiger charge is -2.13. The van der Waals surface area contributed by atoms with Gasteiger partial charge in [-0.2, -0.15) is 5.26 Å². The molecule has 0 amide bonds. The molecule has 0 unspecified atom stereocenters. The summed E-state index contributed by atoms with van der Waals surface area (Å²) in [5.74, 6) is -1.66. The summed E-state index contributed by atoms with van der Waals surface area (Å²) in [5, 5.41) is 8.71. The van der Waals surface area contributed by atoms with Crippen molar-refractivity contribution in [2.45, 2.75) is 13.0 Å². The van der Waals surface area contributed by atoms with Crippen LogP contribution < -0.4 is 4.74 Å². The third-order valence-corrected chi connectivity index (χ3v) is 3.15. The lowest BCUT2D eigenvalue weighted by molar-refractivity contribution is -0.149. The van der Waals surface area contributed by atoms with Gasteiger partial charge in [0, 0.05) is 0 Å². The zero-order valence-corrected chi connectivity index (χ0v) is 12.9. The third-order valence-electron chi connectivity index (χ3n) is 3.15. The number of ketones is 1. The Balaban J connectivity index is 1.88. The zero-order valence-electron chi connectivity index (χ0n) is 12.9. The van der Waals surface area contributed by atoms with Crippen molar-refractivity contribution < 1.29 is 23.5 Å². The smallest absolute Gasteiger partial charge is 0.347 e. The summed E-state index contributed by atoms with van der Waals surface area (Å²) in [5.41, 5.74) is 0.332. The number of hydrogen-bond acceptors (Lipinski definition) is 5. The van der Waals surface area contributed by atoms with Crippen molar-refractivity contribution in [1.29, 1.82) is 5.26 Å². The van der Waals surface area contributed by atoms with Gasteiger partial charge in [0.2, 0.25) is 5.78 Å². The number of nitrogens with zero attached hydrogens (tertiary/aromatic N) is 1. The second kappa shape index (κ2) is 7.88. The van der Waals surface area contributed by atoms with Crippen LogP contribution in [0.4, 0.5) is 4.39 Å². The zero-order chi connectivity index (χ0) is 17.5. The quantitative estimate of drug-likeness (QED) is 0.602. The first-order chi connectivity index (χ1) is 11.5. The van der Waals surface area contributed by atoms with Gasteiger partial charge in [0.05, 0.1) is 17.2 Å². The molecule has 0 aliphatic carbocycles. The molecule has 2 aromatic carbocycles. The van der Waals surface area contributed by atoms with E-state index in [1.165, 1.54) is 25.1 Å². The minimum atomic E-state index is -0.952. The fraction of sp³-hybridized carbons (Fsp3) is 0.167. The first kappa shape index (κ1) is 17.2. The van der Waals surface area contributed by atoms with Gasteiger partial charge in [-0.3, -0.25) is 4.79 Å². The lowest BCUT2D eigenvalue weighted by atomic mass is 10.1. The maximum atomic E-state index is 13.5. The molecular formula is C18H14FNO4. The molecule has 0 radical (unpaired) electrons. The Labute approximate surface area is 138 Å². The summed E-state index contributed by atoms with van der Waals surface area (Å²) in [4.78, 5) is 23.7. The Hall–Kier alpha value is -3.20. The molecule has 0 aliphatic heterocycles. The average Bonchev–Trinajstić information content (AvgIpc) is 2.60. The molecule has 6 heteroatoms. The van der Waals surface area contributed by atoms with Crippen LogP contribution in [0.2, 0.25) is 0 Å². The number of carbonyl (C=O) groups is 2. The highest BCUT2D eigenvalue weighted by molar-refractivity contribution is 5.98. The first-order valence-electron chi connectivity index (χ1n) is 7.12. The van der Waals surface area contributed by atoms with E-state index in [-0.39, 0.29) is 5.56 Å². The molecule has 1 atom stereocenters. The Bertz CT molecular complexity index is 780. The van der Waals surface area contributed by atoms with Crippen LogP contribution in [0.25, 0.3) is 0 Å². The molecule has 0 aliphatic rings. The Morgan fingerprint density at radius 3 is 2.46 bits per heavy atom. The van der Waals surface area contributed by atoms with Crippen molar-refractivity contribution in [3.63, 3.8) is 0 Å².